The second-order valence-electron chi connectivity index (χ2n) is 4.59. The number of nitro groups is 1. The second-order valence-corrected chi connectivity index (χ2v) is 4.59. The number of rotatable bonds is 1. The normalized spacial score (nSPS) is 11.2. The van der Waals surface area contributed by atoms with Crippen molar-refractivity contribution < 1.29 is 4.92 Å². The molecule has 0 unspecified atom stereocenters. The molecule has 1 aromatic carbocycles. The maximum Gasteiger partial charge on any atom is 0.294 e. The van der Waals surface area contributed by atoms with Crippen LogP contribution < -0.4 is 16.5 Å². The highest BCUT2D eigenvalue weighted by atomic mass is 16.6. The van der Waals surface area contributed by atoms with Crippen molar-refractivity contribution in [1.29, 1.82) is 0 Å². The summed E-state index contributed by atoms with van der Waals surface area (Å²) in [5.74, 6) is 0. The third-order valence-electron chi connectivity index (χ3n) is 3.22. The zero-order chi connectivity index (χ0) is 14.6. The number of aromatic nitrogens is 2. The second kappa shape index (κ2) is 3.77. The fourth-order valence-electron chi connectivity index (χ4n) is 2.27. The van der Waals surface area contributed by atoms with E-state index in [0.717, 1.165) is 0 Å². The van der Waals surface area contributed by atoms with Gasteiger partial charge in [-0.25, -0.2) is 4.98 Å². The van der Waals surface area contributed by atoms with Crippen LogP contribution in [0, 0.1) is 17.0 Å². The summed E-state index contributed by atoms with van der Waals surface area (Å²) in [5.41, 5.74) is 6.81. The molecule has 20 heavy (non-hydrogen) atoms. The molecule has 2 N–H and O–H groups in total. The molecule has 7 nitrogen and oxygen atoms in total. The number of pyridine rings is 1. The summed E-state index contributed by atoms with van der Waals surface area (Å²) in [5, 5.41) is 11.5. The van der Waals surface area contributed by atoms with Crippen molar-refractivity contribution >= 4 is 34.6 Å². The minimum absolute atomic E-state index is 0.0145. The molecular weight excluding hydrogens is 260 g/mol. The van der Waals surface area contributed by atoms with Crippen LogP contribution in [0.3, 0.4) is 0 Å². The Bertz CT molecular complexity index is 991. The number of nitrogen functional groups attached to an aromatic ring is 1. The third kappa shape index (κ3) is 1.46. The van der Waals surface area contributed by atoms with E-state index in [-0.39, 0.29) is 16.9 Å². The summed E-state index contributed by atoms with van der Waals surface area (Å²) in [6.07, 6.45) is 0. The van der Waals surface area contributed by atoms with Crippen molar-refractivity contribution in [3.8, 4) is 0 Å². The number of aryl methyl sites for hydroxylation is 1. The van der Waals surface area contributed by atoms with Gasteiger partial charge in [-0.3, -0.25) is 19.3 Å². The molecule has 0 fully saturated rings. The summed E-state index contributed by atoms with van der Waals surface area (Å²) >= 11 is 0. The monoisotopic (exact) mass is 270 g/mol. The zero-order valence-corrected chi connectivity index (χ0v) is 10.6. The van der Waals surface area contributed by atoms with Gasteiger partial charge >= 0.3 is 0 Å². The van der Waals surface area contributed by atoms with Crippen LogP contribution >= 0.6 is 0 Å². The lowest BCUT2D eigenvalue weighted by Gasteiger charge is -1.99. The molecule has 0 saturated heterocycles. The number of nitrogens with zero attached hydrogens (tertiary/aromatic N) is 3. The van der Waals surface area contributed by atoms with E-state index in [9.17, 15) is 14.9 Å². The molecule has 0 aliphatic carbocycles. The first-order valence-corrected chi connectivity index (χ1v) is 5.79. The van der Waals surface area contributed by atoms with Gasteiger partial charge in [-0.1, -0.05) is 6.58 Å². The van der Waals surface area contributed by atoms with Crippen LogP contribution in [0.1, 0.15) is 5.56 Å². The smallest absolute Gasteiger partial charge is 0.294 e. The molecule has 0 bridgehead atoms. The predicted molar refractivity (Wildman–Crippen MR) is 75.5 cm³/mol. The number of fused-ring (bicyclic) bond motifs is 3. The summed E-state index contributed by atoms with van der Waals surface area (Å²) in [4.78, 5) is 26.9. The molecule has 0 aliphatic heterocycles. The minimum atomic E-state index is -0.584. The van der Waals surface area contributed by atoms with E-state index in [4.69, 9.17) is 5.73 Å². The van der Waals surface area contributed by atoms with Crippen molar-refractivity contribution in [3.05, 3.63) is 49.4 Å². The SMILES string of the molecule is C=c1cc(C)c(=O)n2c1nc1cc(N)c([N+](=O)[O-])cc12. The molecule has 0 amide bonds. The fraction of sp³-hybridized carbons (Fsp3) is 0.0769. The Hall–Kier alpha value is -2.96. The van der Waals surface area contributed by atoms with Crippen LogP contribution in [-0.2, 0) is 0 Å². The zero-order valence-electron chi connectivity index (χ0n) is 10.6. The molecule has 2 heterocycles. The van der Waals surface area contributed by atoms with Gasteiger partial charge in [0.1, 0.15) is 11.3 Å². The van der Waals surface area contributed by atoms with Crippen LogP contribution in [0.15, 0.2) is 23.0 Å². The standard InChI is InChI=1S/C13H10N4O3/c1-6-3-7(2)13(18)16-11-5-10(17(19)20)8(14)4-9(11)15-12(6)16/h3-5H,1,14H2,2H3. The van der Waals surface area contributed by atoms with Crippen LogP contribution in [0.5, 0.6) is 0 Å². The maximum atomic E-state index is 12.2. The summed E-state index contributed by atoms with van der Waals surface area (Å²) in [6.45, 7) is 5.50. The van der Waals surface area contributed by atoms with Gasteiger partial charge in [0.2, 0.25) is 0 Å². The molecule has 0 spiro atoms. The summed E-state index contributed by atoms with van der Waals surface area (Å²) in [7, 11) is 0. The quantitative estimate of drug-likeness (QED) is 0.399. The van der Waals surface area contributed by atoms with Crippen molar-refractivity contribution in [2.24, 2.45) is 0 Å². The highest BCUT2D eigenvalue weighted by Gasteiger charge is 2.17. The van der Waals surface area contributed by atoms with Gasteiger partial charge in [0.15, 0.2) is 0 Å². The van der Waals surface area contributed by atoms with Crippen molar-refractivity contribution in [3.63, 3.8) is 0 Å². The first-order valence-electron chi connectivity index (χ1n) is 5.79. The van der Waals surface area contributed by atoms with E-state index >= 15 is 0 Å². The molecule has 3 rings (SSSR count). The molecule has 0 radical (unpaired) electrons. The molecule has 2 aromatic heterocycles. The highest BCUT2D eigenvalue weighted by Crippen LogP contribution is 2.27. The highest BCUT2D eigenvalue weighted by molar-refractivity contribution is 5.87. The van der Waals surface area contributed by atoms with Gasteiger partial charge < -0.3 is 5.73 Å². The van der Waals surface area contributed by atoms with E-state index in [0.29, 0.717) is 27.5 Å². The number of hydrogen-bond donors (Lipinski definition) is 1. The Balaban J connectivity index is 2.63. The maximum absolute atomic E-state index is 12.2. The van der Waals surface area contributed by atoms with Crippen LogP contribution in [0.2, 0.25) is 0 Å². The first kappa shape index (κ1) is 12.1. The van der Waals surface area contributed by atoms with Gasteiger partial charge in [-0.15, -0.1) is 0 Å². The Morgan fingerprint density at radius 3 is 2.75 bits per heavy atom. The van der Waals surface area contributed by atoms with Gasteiger partial charge in [-0.2, -0.15) is 0 Å². The van der Waals surface area contributed by atoms with Crippen LogP contribution in [0.25, 0.3) is 23.3 Å². The Morgan fingerprint density at radius 2 is 2.10 bits per heavy atom. The lowest BCUT2D eigenvalue weighted by molar-refractivity contribution is -0.383. The Kier molecular flexibility index (Phi) is 2.28. The average Bonchev–Trinajstić information content (AvgIpc) is 2.73. The lowest BCUT2D eigenvalue weighted by atomic mass is 10.2. The summed E-state index contributed by atoms with van der Waals surface area (Å²) in [6, 6.07) is 4.31. The van der Waals surface area contributed by atoms with Crippen molar-refractivity contribution in [1.82, 2.24) is 9.38 Å². The van der Waals surface area contributed by atoms with Crippen molar-refractivity contribution in [2.45, 2.75) is 6.92 Å². The predicted octanol–water partition coefficient (Wildman–Crippen LogP) is 0.776. The molecular formula is C13H10N4O3. The summed E-state index contributed by atoms with van der Waals surface area (Å²) < 4.78 is 1.33. The topological polar surface area (TPSA) is 104 Å². The molecule has 7 heteroatoms. The third-order valence-corrected chi connectivity index (χ3v) is 3.22. The largest absolute Gasteiger partial charge is 0.393 e. The van der Waals surface area contributed by atoms with Gasteiger partial charge in [0.05, 0.1) is 16.0 Å². The van der Waals surface area contributed by atoms with Gasteiger partial charge in [0.25, 0.3) is 11.2 Å². The number of nitro benzene ring substituents is 1. The van der Waals surface area contributed by atoms with E-state index in [1.807, 2.05) is 0 Å². The lowest BCUT2D eigenvalue weighted by Crippen LogP contribution is -2.21. The van der Waals surface area contributed by atoms with E-state index < -0.39 is 4.92 Å². The molecule has 0 aliphatic rings. The van der Waals surface area contributed by atoms with Crippen LogP contribution in [0.4, 0.5) is 11.4 Å². The Morgan fingerprint density at radius 1 is 1.40 bits per heavy atom. The fourth-order valence-corrected chi connectivity index (χ4v) is 2.27. The van der Waals surface area contributed by atoms with E-state index in [2.05, 4.69) is 11.6 Å². The first-order chi connectivity index (χ1) is 9.40. The van der Waals surface area contributed by atoms with Crippen LogP contribution in [-0.4, -0.2) is 14.3 Å². The Labute approximate surface area is 112 Å². The van der Waals surface area contributed by atoms with E-state index in [1.165, 1.54) is 16.5 Å². The molecule has 3 aromatic rings. The van der Waals surface area contributed by atoms with Gasteiger partial charge in [0, 0.05) is 16.8 Å². The molecule has 0 saturated carbocycles. The minimum Gasteiger partial charge on any atom is -0.393 e. The number of benzene rings is 1. The number of anilines is 1. The number of imidazole rings is 1. The number of hydrogen-bond acceptors (Lipinski definition) is 5. The molecule has 100 valence electrons. The van der Waals surface area contributed by atoms with Crippen molar-refractivity contribution in [2.75, 3.05) is 5.73 Å². The number of nitrogens with two attached hydrogens (primary N) is 1. The van der Waals surface area contributed by atoms with Gasteiger partial charge in [-0.05, 0) is 19.1 Å². The molecule has 0 atom stereocenters. The average molecular weight is 270 g/mol. The van der Waals surface area contributed by atoms with E-state index in [1.54, 1.807) is 13.0 Å².